The van der Waals surface area contributed by atoms with E-state index in [4.69, 9.17) is 0 Å². The van der Waals surface area contributed by atoms with Crippen LogP contribution in [0.3, 0.4) is 0 Å². The Morgan fingerprint density at radius 2 is 2.21 bits per heavy atom. The van der Waals surface area contributed by atoms with Crippen LogP contribution in [0.1, 0.15) is 18.4 Å². The van der Waals surface area contributed by atoms with E-state index in [2.05, 4.69) is 15.9 Å². The summed E-state index contributed by atoms with van der Waals surface area (Å²) in [6.07, 6.45) is 1.65. The highest BCUT2D eigenvalue weighted by molar-refractivity contribution is 9.10. The first-order valence-corrected chi connectivity index (χ1v) is 5.54. The molecule has 14 heavy (non-hydrogen) atoms. The molecule has 0 spiro atoms. The Hall–Kier alpha value is -0.830. The second-order valence-electron chi connectivity index (χ2n) is 3.60. The van der Waals surface area contributed by atoms with Crippen LogP contribution >= 0.6 is 15.9 Å². The van der Waals surface area contributed by atoms with Crippen molar-refractivity contribution in [2.24, 2.45) is 0 Å². The average Bonchev–Trinajstić information content (AvgIpc) is 2.52. The Morgan fingerprint density at radius 3 is 2.79 bits per heavy atom. The van der Waals surface area contributed by atoms with Crippen LogP contribution in [0, 0.1) is 6.92 Å². The van der Waals surface area contributed by atoms with Gasteiger partial charge in [-0.15, -0.1) is 0 Å². The first kappa shape index (κ1) is 9.71. The van der Waals surface area contributed by atoms with Crippen LogP contribution in [0.4, 0.5) is 5.69 Å². The maximum absolute atomic E-state index is 11.5. The van der Waals surface area contributed by atoms with E-state index in [1.54, 1.807) is 0 Å². The number of carbonyl (C=O) groups excluding carboxylic acids is 1. The van der Waals surface area contributed by atoms with E-state index >= 15 is 0 Å². The molecule has 3 heteroatoms. The normalized spacial score (nSPS) is 16.4. The molecule has 0 unspecified atom stereocenters. The van der Waals surface area contributed by atoms with Crippen molar-refractivity contribution in [2.75, 3.05) is 11.4 Å². The van der Waals surface area contributed by atoms with E-state index in [-0.39, 0.29) is 5.91 Å². The van der Waals surface area contributed by atoms with Gasteiger partial charge in [0.1, 0.15) is 0 Å². The first-order valence-electron chi connectivity index (χ1n) is 4.75. The molecule has 1 fully saturated rings. The van der Waals surface area contributed by atoms with E-state index in [1.165, 1.54) is 5.56 Å². The SMILES string of the molecule is Cc1ccc(N2CCCC2=O)c(Br)c1. The van der Waals surface area contributed by atoms with Crippen molar-refractivity contribution in [2.45, 2.75) is 19.8 Å². The Morgan fingerprint density at radius 1 is 1.43 bits per heavy atom. The third-order valence-corrected chi connectivity index (χ3v) is 3.10. The highest BCUT2D eigenvalue weighted by atomic mass is 79.9. The molecule has 1 aromatic carbocycles. The van der Waals surface area contributed by atoms with Gasteiger partial charge in [-0.1, -0.05) is 6.07 Å². The van der Waals surface area contributed by atoms with Crippen molar-refractivity contribution in [3.63, 3.8) is 0 Å². The highest BCUT2D eigenvalue weighted by Gasteiger charge is 2.22. The summed E-state index contributed by atoms with van der Waals surface area (Å²) >= 11 is 3.49. The number of rotatable bonds is 1. The Balaban J connectivity index is 2.36. The molecule has 1 amide bonds. The summed E-state index contributed by atoms with van der Waals surface area (Å²) in [6.45, 7) is 2.89. The minimum atomic E-state index is 0.231. The molecule has 0 bridgehead atoms. The van der Waals surface area contributed by atoms with Crippen LogP contribution in [-0.2, 0) is 4.79 Å². The number of hydrogen-bond donors (Lipinski definition) is 0. The molecule has 1 aliphatic heterocycles. The summed E-state index contributed by atoms with van der Waals surface area (Å²) in [5, 5.41) is 0. The molecule has 2 nitrogen and oxygen atoms in total. The molecular weight excluding hydrogens is 242 g/mol. The lowest BCUT2D eigenvalue weighted by atomic mass is 10.2. The van der Waals surface area contributed by atoms with Crippen molar-refractivity contribution in [1.29, 1.82) is 0 Å². The summed E-state index contributed by atoms with van der Waals surface area (Å²) < 4.78 is 1.01. The summed E-state index contributed by atoms with van der Waals surface area (Å²) in [4.78, 5) is 13.4. The van der Waals surface area contributed by atoms with Crippen LogP contribution in [0.2, 0.25) is 0 Å². The lowest BCUT2D eigenvalue weighted by Gasteiger charge is -2.17. The Labute approximate surface area is 92.0 Å². The predicted molar refractivity (Wildman–Crippen MR) is 60.5 cm³/mol. The highest BCUT2D eigenvalue weighted by Crippen LogP contribution is 2.30. The summed E-state index contributed by atoms with van der Waals surface area (Å²) in [7, 11) is 0. The molecule has 1 heterocycles. The van der Waals surface area contributed by atoms with Gasteiger partial charge in [0.15, 0.2) is 0 Å². The zero-order valence-corrected chi connectivity index (χ0v) is 9.67. The van der Waals surface area contributed by atoms with Gasteiger partial charge in [0.25, 0.3) is 0 Å². The number of anilines is 1. The second-order valence-corrected chi connectivity index (χ2v) is 4.46. The fourth-order valence-electron chi connectivity index (χ4n) is 1.73. The maximum atomic E-state index is 11.5. The molecule has 1 aromatic rings. The third-order valence-electron chi connectivity index (χ3n) is 2.47. The lowest BCUT2D eigenvalue weighted by Crippen LogP contribution is -2.23. The predicted octanol–water partition coefficient (Wildman–Crippen LogP) is 2.88. The molecule has 2 rings (SSSR count). The number of carbonyl (C=O) groups is 1. The quantitative estimate of drug-likeness (QED) is 0.754. The van der Waals surface area contributed by atoms with Crippen molar-refractivity contribution in [1.82, 2.24) is 0 Å². The van der Waals surface area contributed by atoms with Gasteiger partial charge in [0, 0.05) is 17.4 Å². The van der Waals surface area contributed by atoms with Crippen LogP contribution in [0.5, 0.6) is 0 Å². The second kappa shape index (κ2) is 3.73. The smallest absolute Gasteiger partial charge is 0.227 e. The van der Waals surface area contributed by atoms with Crippen molar-refractivity contribution < 1.29 is 4.79 Å². The van der Waals surface area contributed by atoms with Gasteiger partial charge in [0.2, 0.25) is 5.91 Å². The molecule has 0 atom stereocenters. The van der Waals surface area contributed by atoms with Crippen molar-refractivity contribution >= 4 is 27.5 Å². The van der Waals surface area contributed by atoms with E-state index in [0.717, 1.165) is 23.1 Å². The molecule has 0 aromatic heterocycles. The molecule has 1 saturated heterocycles. The van der Waals surface area contributed by atoms with E-state index in [1.807, 2.05) is 30.0 Å². The molecule has 0 aliphatic carbocycles. The average molecular weight is 254 g/mol. The van der Waals surface area contributed by atoms with E-state index < -0.39 is 0 Å². The van der Waals surface area contributed by atoms with E-state index in [0.29, 0.717) is 6.42 Å². The fraction of sp³-hybridized carbons (Fsp3) is 0.364. The zero-order valence-electron chi connectivity index (χ0n) is 8.09. The van der Waals surface area contributed by atoms with Crippen molar-refractivity contribution in [3.05, 3.63) is 28.2 Å². The number of nitrogens with zero attached hydrogens (tertiary/aromatic N) is 1. The standard InChI is InChI=1S/C11H12BrNO/c1-8-4-5-10(9(12)7-8)13-6-2-3-11(13)14/h4-5,7H,2-3,6H2,1H3. The topological polar surface area (TPSA) is 20.3 Å². The largest absolute Gasteiger partial charge is 0.311 e. The number of benzene rings is 1. The fourth-order valence-corrected chi connectivity index (χ4v) is 2.44. The van der Waals surface area contributed by atoms with Crippen LogP contribution in [-0.4, -0.2) is 12.5 Å². The summed E-state index contributed by atoms with van der Waals surface area (Å²) in [5.41, 5.74) is 2.20. The third kappa shape index (κ3) is 1.69. The molecule has 1 aliphatic rings. The van der Waals surface area contributed by atoms with Gasteiger partial charge in [0.05, 0.1) is 5.69 Å². The van der Waals surface area contributed by atoms with Gasteiger partial charge in [-0.05, 0) is 47.0 Å². The minimum absolute atomic E-state index is 0.231. The van der Waals surface area contributed by atoms with Crippen LogP contribution < -0.4 is 4.90 Å². The maximum Gasteiger partial charge on any atom is 0.227 e. The number of halogens is 1. The van der Waals surface area contributed by atoms with Crippen LogP contribution in [0.15, 0.2) is 22.7 Å². The monoisotopic (exact) mass is 253 g/mol. The molecule has 74 valence electrons. The molecule has 0 radical (unpaired) electrons. The Kier molecular flexibility index (Phi) is 2.59. The molecule has 0 saturated carbocycles. The van der Waals surface area contributed by atoms with Gasteiger partial charge < -0.3 is 4.90 Å². The molecular formula is C11H12BrNO. The Bertz CT molecular complexity index is 376. The number of hydrogen-bond acceptors (Lipinski definition) is 1. The zero-order chi connectivity index (χ0) is 10.1. The van der Waals surface area contributed by atoms with Crippen LogP contribution in [0.25, 0.3) is 0 Å². The minimum Gasteiger partial charge on any atom is -0.311 e. The van der Waals surface area contributed by atoms with Gasteiger partial charge in [-0.3, -0.25) is 4.79 Å². The lowest BCUT2D eigenvalue weighted by molar-refractivity contribution is -0.117. The number of aryl methyl sites for hydroxylation is 1. The summed E-state index contributed by atoms with van der Waals surface area (Å²) in [6, 6.07) is 6.08. The van der Waals surface area contributed by atoms with Gasteiger partial charge >= 0.3 is 0 Å². The molecule has 0 N–H and O–H groups in total. The first-order chi connectivity index (χ1) is 6.68. The number of amides is 1. The van der Waals surface area contributed by atoms with E-state index in [9.17, 15) is 4.79 Å². The van der Waals surface area contributed by atoms with Gasteiger partial charge in [-0.25, -0.2) is 0 Å². The van der Waals surface area contributed by atoms with Crippen molar-refractivity contribution in [3.8, 4) is 0 Å². The van der Waals surface area contributed by atoms with Gasteiger partial charge in [-0.2, -0.15) is 0 Å². The summed E-state index contributed by atoms with van der Waals surface area (Å²) in [5.74, 6) is 0.231.